The van der Waals surface area contributed by atoms with E-state index >= 15 is 0 Å². The van der Waals surface area contributed by atoms with E-state index in [1.807, 2.05) is 0 Å². The van der Waals surface area contributed by atoms with Crippen molar-refractivity contribution in [3.8, 4) is 11.4 Å². The maximum absolute atomic E-state index is 5.01. The van der Waals surface area contributed by atoms with Gasteiger partial charge in [-0.3, -0.25) is 0 Å². The van der Waals surface area contributed by atoms with Gasteiger partial charge in [-0.2, -0.15) is 0 Å². The average Bonchev–Trinajstić information content (AvgIpc) is 2.61. The zero-order valence-electron chi connectivity index (χ0n) is 14.9. The fourth-order valence-corrected chi connectivity index (χ4v) is 3.59. The van der Waals surface area contributed by atoms with E-state index in [9.17, 15) is 0 Å². The Bertz CT molecular complexity index is 847. The van der Waals surface area contributed by atoms with Gasteiger partial charge in [-0.1, -0.05) is 61.2 Å². The minimum Gasteiger partial charge on any atom is -0.356 e. The molecule has 0 bridgehead atoms. The van der Waals surface area contributed by atoms with Crippen molar-refractivity contribution in [3.63, 3.8) is 0 Å². The molecule has 0 saturated carbocycles. The fraction of sp³-hybridized carbons (Fsp3) is 0.364. The third-order valence-corrected chi connectivity index (χ3v) is 5.05. The Balaban J connectivity index is 1.82. The van der Waals surface area contributed by atoms with Crippen LogP contribution in [-0.4, -0.2) is 23.1 Å². The molecule has 1 aliphatic heterocycles. The van der Waals surface area contributed by atoms with E-state index < -0.39 is 0 Å². The molecule has 0 spiro atoms. The molecule has 0 unspecified atom stereocenters. The largest absolute Gasteiger partial charge is 0.356 e. The molecule has 3 heteroatoms. The van der Waals surface area contributed by atoms with Gasteiger partial charge in [-0.25, -0.2) is 9.97 Å². The zero-order chi connectivity index (χ0) is 17.1. The van der Waals surface area contributed by atoms with Crippen LogP contribution in [0.25, 0.3) is 22.3 Å². The Hall–Kier alpha value is -2.42. The van der Waals surface area contributed by atoms with E-state index in [-0.39, 0.29) is 0 Å². The zero-order valence-corrected chi connectivity index (χ0v) is 14.9. The molecule has 25 heavy (non-hydrogen) atoms. The van der Waals surface area contributed by atoms with E-state index in [2.05, 4.69) is 60.4 Å². The molecule has 128 valence electrons. The third kappa shape index (κ3) is 3.51. The summed E-state index contributed by atoms with van der Waals surface area (Å²) in [7, 11) is 0. The maximum atomic E-state index is 5.01. The molecule has 4 rings (SSSR count). The van der Waals surface area contributed by atoms with E-state index in [1.54, 1.807) is 0 Å². The topological polar surface area (TPSA) is 29.0 Å². The van der Waals surface area contributed by atoms with Crippen LogP contribution in [0.2, 0.25) is 0 Å². The first kappa shape index (κ1) is 16.1. The average molecular weight is 331 g/mol. The molecule has 2 aromatic carbocycles. The molecule has 1 aromatic heterocycles. The van der Waals surface area contributed by atoms with Gasteiger partial charge >= 0.3 is 0 Å². The Morgan fingerprint density at radius 1 is 0.760 bits per heavy atom. The van der Waals surface area contributed by atoms with Crippen LogP contribution in [0.3, 0.4) is 0 Å². The van der Waals surface area contributed by atoms with Gasteiger partial charge in [-0.05, 0) is 31.9 Å². The summed E-state index contributed by atoms with van der Waals surface area (Å²) >= 11 is 0. The molecule has 3 nitrogen and oxygen atoms in total. The van der Waals surface area contributed by atoms with Crippen LogP contribution >= 0.6 is 0 Å². The summed E-state index contributed by atoms with van der Waals surface area (Å²) in [6, 6.07) is 16.9. The van der Waals surface area contributed by atoms with Crippen molar-refractivity contribution in [2.24, 2.45) is 0 Å². The summed E-state index contributed by atoms with van der Waals surface area (Å²) < 4.78 is 0. The lowest BCUT2D eigenvalue weighted by molar-refractivity contribution is 0.554. The Morgan fingerprint density at radius 3 is 2.20 bits per heavy atom. The predicted molar refractivity (Wildman–Crippen MR) is 105 cm³/mol. The number of aromatic nitrogens is 2. The highest BCUT2D eigenvalue weighted by Crippen LogP contribution is 2.29. The number of benzene rings is 2. The second-order valence-corrected chi connectivity index (χ2v) is 7.01. The predicted octanol–water partition coefficient (Wildman–Crippen LogP) is 5.38. The summed E-state index contributed by atoms with van der Waals surface area (Å²) in [5, 5.41) is 1.17. The first-order valence-electron chi connectivity index (χ1n) is 9.40. The maximum Gasteiger partial charge on any atom is 0.162 e. The number of aryl methyl sites for hydroxylation is 1. The van der Waals surface area contributed by atoms with Gasteiger partial charge in [-0.15, -0.1) is 0 Å². The van der Waals surface area contributed by atoms with Crippen molar-refractivity contribution >= 4 is 16.7 Å². The number of hydrogen-bond donors (Lipinski definition) is 0. The van der Waals surface area contributed by atoms with Gasteiger partial charge in [0, 0.05) is 24.0 Å². The summed E-state index contributed by atoms with van der Waals surface area (Å²) in [5.74, 6) is 1.93. The second-order valence-electron chi connectivity index (χ2n) is 7.01. The SMILES string of the molecule is Cc1ccc(-c2nc(N3CCCCCCC3)c3ccccc3n2)cc1. The van der Waals surface area contributed by atoms with Crippen molar-refractivity contribution in [2.75, 3.05) is 18.0 Å². The minimum atomic E-state index is 0.829. The molecule has 0 amide bonds. The number of para-hydroxylation sites is 1. The molecular formula is C22H25N3. The van der Waals surface area contributed by atoms with Gasteiger partial charge < -0.3 is 4.90 Å². The van der Waals surface area contributed by atoms with E-state index in [0.29, 0.717) is 0 Å². The highest BCUT2D eigenvalue weighted by Gasteiger charge is 2.16. The molecule has 1 fully saturated rings. The molecule has 3 aromatic rings. The number of rotatable bonds is 2. The molecule has 0 radical (unpaired) electrons. The molecule has 1 saturated heterocycles. The highest BCUT2D eigenvalue weighted by molar-refractivity contribution is 5.91. The van der Waals surface area contributed by atoms with Gasteiger partial charge in [0.1, 0.15) is 5.82 Å². The molecule has 0 N–H and O–H groups in total. The number of hydrogen-bond acceptors (Lipinski definition) is 3. The Labute approximate surface area is 149 Å². The lowest BCUT2D eigenvalue weighted by Crippen LogP contribution is -2.28. The van der Waals surface area contributed by atoms with E-state index in [4.69, 9.17) is 9.97 Å². The van der Waals surface area contributed by atoms with Gasteiger partial charge in [0.25, 0.3) is 0 Å². The fourth-order valence-electron chi connectivity index (χ4n) is 3.59. The molecule has 0 atom stereocenters. The summed E-state index contributed by atoms with van der Waals surface area (Å²) in [5.41, 5.74) is 3.38. The van der Waals surface area contributed by atoms with Gasteiger partial charge in [0.05, 0.1) is 5.52 Å². The lowest BCUT2D eigenvalue weighted by Gasteiger charge is -2.27. The van der Waals surface area contributed by atoms with Crippen LogP contribution in [0.4, 0.5) is 5.82 Å². The molecule has 2 heterocycles. The summed E-state index contributed by atoms with van der Waals surface area (Å²) in [6.07, 6.45) is 6.51. The first-order valence-corrected chi connectivity index (χ1v) is 9.40. The van der Waals surface area contributed by atoms with Crippen LogP contribution in [-0.2, 0) is 0 Å². The summed E-state index contributed by atoms with van der Waals surface area (Å²) in [6.45, 7) is 4.29. The van der Waals surface area contributed by atoms with Crippen molar-refractivity contribution in [1.29, 1.82) is 0 Å². The van der Waals surface area contributed by atoms with Crippen LogP contribution in [0.5, 0.6) is 0 Å². The minimum absolute atomic E-state index is 0.829. The number of fused-ring (bicyclic) bond motifs is 1. The van der Waals surface area contributed by atoms with E-state index in [0.717, 1.165) is 35.8 Å². The number of anilines is 1. The second kappa shape index (κ2) is 7.22. The normalized spacial score (nSPS) is 15.8. The number of nitrogens with zero attached hydrogens (tertiary/aromatic N) is 3. The molecular weight excluding hydrogens is 306 g/mol. The highest BCUT2D eigenvalue weighted by atomic mass is 15.2. The lowest BCUT2D eigenvalue weighted by atomic mass is 10.1. The van der Waals surface area contributed by atoms with Crippen LogP contribution in [0.15, 0.2) is 48.5 Å². The standard InChI is InChI=1S/C22H25N3/c1-17-11-13-18(14-12-17)21-23-20-10-6-5-9-19(20)22(24-21)25-15-7-3-2-4-8-16-25/h5-6,9-14H,2-4,7-8,15-16H2,1H3. The van der Waals surface area contributed by atoms with Crippen LogP contribution < -0.4 is 4.90 Å². The van der Waals surface area contributed by atoms with Crippen LogP contribution in [0.1, 0.15) is 37.7 Å². The Kier molecular flexibility index (Phi) is 4.64. The van der Waals surface area contributed by atoms with Crippen LogP contribution in [0, 0.1) is 6.92 Å². The third-order valence-electron chi connectivity index (χ3n) is 5.05. The molecule has 0 aliphatic carbocycles. The molecule has 1 aliphatic rings. The Morgan fingerprint density at radius 2 is 1.44 bits per heavy atom. The van der Waals surface area contributed by atoms with Crippen molar-refractivity contribution in [3.05, 3.63) is 54.1 Å². The van der Waals surface area contributed by atoms with Crippen molar-refractivity contribution in [2.45, 2.75) is 39.0 Å². The monoisotopic (exact) mass is 331 g/mol. The first-order chi connectivity index (χ1) is 12.3. The smallest absolute Gasteiger partial charge is 0.162 e. The quantitative estimate of drug-likeness (QED) is 0.631. The van der Waals surface area contributed by atoms with Crippen molar-refractivity contribution < 1.29 is 0 Å². The van der Waals surface area contributed by atoms with E-state index in [1.165, 1.54) is 43.1 Å². The van der Waals surface area contributed by atoms with Crippen molar-refractivity contribution in [1.82, 2.24) is 9.97 Å². The summed E-state index contributed by atoms with van der Waals surface area (Å²) in [4.78, 5) is 12.3. The van der Waals surface area contributed by atoms with Gasteiger partial charge in [0.2, 0.25) is 0 Å². The van der Waals surface area contributed by atoms with Gasteiger partial charge in [0.15, 0.2) is 5.82 Å².